The van der Waals surface area contributed by atoms with Gasteiger partial charge in [0.15, 0.2) is 11.5 Å². The largest absolute Gasteiger partial charge is 0.493 e. The Labute approximate surface area is 137 Å². The molecule has 2 rings (SSSR count). The second-order valence-electron chi connectivity index (χ2n) is 5.76. The summed E-state index contributed by atoms with van der Waals surface area (Å²) >= 11 is 0. The molecule has 1 saturated heterocycles. The summed E-state index contributed by atoms with van der Waals surface area (Å²) < 4.78 is 16.2. The normalized spacial score (nSPS) is 16.8. The minimum atomic E-state index is -0.286. The van der Waals surface area contributed by atoms with Crippen LogP contribution in [0.2, 0.25) is 0 Å². The lowest BCUT2D eigenvalue weighted by molar-refractivity contribution is -0.119. The van der Waals surface area contributed by atoms with Gasteiger partial charge >= 0.3 is 0 Å². The van der Waals surface area contributed by atoms with Crippen molar-refractivity contribution in [3.63, 3.8) is 0 Å². The van der Waals surface area contributed by atoms with Crippen LogP contribution < -0.4 is 20.5 Å². The van der Waals surface area contributed by atoms with Gasteiger partial charge in [0.2, 0.25) is 5.91 Å². The van der Waals surface area contributed by atoms with Gasteiger partial charge in [0.05, 0.1) is 14.2 Å². The Morgan fingerprint density at radius 3 is 2.70 bits per heavy atom. The van der Waals surface area contributed by atoms with Crippen LogP contribution in [0.4, 0.5) is 0 Å². The Hall–Kier alpha value is -1.79. The molecule has 128 valence electrons. The van der Waals surface area contributed by atoms with Gasteiger partial charge in [0.25, 0.3) is 0 Å². The number of hydrogen-bond acceptors (Lipinski definition) is 5. The topological polar surface area (TPSA) is 82.8 Å². The zero-order valence-electron chi connectivity index (χ0n) is 13.8. The van der Waals surface area contributed by atoms with Crippen molar-refractivity contribution in [3.8, 4) is 11.5 Å². The Kier molecular flexibility index (Phi) is 6.67. The van der Waals surface area contributed by atoms with Crippen LogP contribution in [0.25, 0.3) is 0 Å². The molecule has 6 nitrogen and oxygen atoms in total. The zero-order chi connectivity index (χ0) is 16.7. The van der Waals surface area contributed by atoms with Crippen LogP contribution in [0, 0.1) is 5.92 Å². The molecule has 1 atom stereocenters. The van der Waals surface area contributed by atoms with E-state index in [1.54, 1.807) is 14.2 Å². The van der Waals surface area contributed by atoms with Gasteiger partial charge in [-0.15, -0.1) is 0 Å². The maximum absolute atomic E-state index is 11.4. The van der Waals surface area contributed by atoms with Gasteiger partial charge in [-0.1, -0.05) is 12.1 Å². The summed E-state index contributed by atoms with van der Waals surface area (Å²) in [4.78, 5) is 11.4. The lowest BCUT2D eigenvalue weighted by Gasteiger charge is -2.30. The minimum Gasteiger partial charge on any atom is -0.493 e. The van der Waals surface area contributed by atoms with E-state index in [0.717, 1.165) is 31.6 Å². The number of primary amides is 1. The molecule has 1 aliphatic heterocycles. The van der Waals surface area contributed by atoms with Gasteiger partial charge in [-0.2, -0.15) is 0 Å². The second-order valence-corrected chi connectivity index (χ2v) is 5.76. The number of carbonyl (C=O) groups is 1. The lowest BCUT2D eigenvalue weighted by atomic mass is 9.89. The molecule has 0 bridgehead atoms. The lowest BCUT2D eigenvalue weighted by Crippen LogP contribution is -2.41. The molecule has 1 aromatic rings. The molecule has 23 heavy (non-hydrogen) atoms. The van der Waals surface area contributed by atoms with E-state index in [-0.39, 0.29) is 11.9 Å². The predicted molar refractivity (Wildman–Crippen MR) is 87.5 cm³/mol. The van der Waals surface area contributed by atoms with Crippen molar-refractivity contribution in [1.29, 1.82) is 0 Å². The first-order valence-electron chi connectivity index (χ1n) is 7.95. The molecule has 0 saturated carbocycles. The molecule has 1 aromatic carbocycles. The number of para-hydroxylation sites is 1. The van der Waals surface area contributed by atoms with Crippen LogP contribution >= 0.6 is 0 Å². The van der Waals surface area contributed by atoms with Crippen LogP contribution in [0.15, 0.2) is 18.2 Å². The fourth-order valence-corrected chi connectivity index (χ4v) is 3.07. The van der Waals surface area contributed by atoms with Gasteiger partial charge in [-0.25, -0.2) is 0 Å². The molecule has 1 heterocycles. The number of amides is 1. The number of methoxy groups -OCH3 is 2. The first-order valence-corrected chi connectivity index (χ1v) is 7.95. The maximum atomic E-state index is 11.4. The standard InChI is InChI=1S/C17H26N2O4/c1-21-15-5-3-4-13(17(15)22-2)11-19-14(10-16(18)20)12-6-8-23-9-7-12/h3-5,12,14,19H,6-11H2,1-2H3,(H2,18,20)/t14-/m1/s1. The van der Waals surface area contributed by atoms with Gasteiger partial charge in [0.1, 0.15) is 0 Å². The van der Waals surface area contributed by atoms with E-state index in [4.69, 9.17) is 19.9 Å². The molecular formula is C17H26N2O4. The Morgan fingerprint density at radius 2 is 2.09 bits per heavy atom. The highest BCUT2D eigenvalue weighted by Crippen LogP contribution is 2.31. The first kappa shape index (κ1) is 17.6. The third kappa shape index (κ3) is 4.84. The van der Waals surface area contributed by atoms with Gasteiger partial charge in [-0.05, 0) is 24.8 Å². The average Bonchev–Trinajstić information content (AvgIpc) is 2.58. The second kappa shape index (κ2) is 8.74. The van der Waals surface area contributed by atoms with Crippen LogP contribution in [0.5, 0.6) is 11.5 Å². The number of nitrogens with two attached hydrogens (primary N) is 1. The fourth-order valence-electron chi connectivity index (χ4n) is 3.07. The molecule has 1 amide bonds. The molecule has 6 heteroatoms. The predicted octanol–water partition coefficient (Wildman–Crippen LogP) is 1.46. The third-order valence-corrected chi connectivity index (χ3v) is 4.30. The molecular weight excluding hydrogens is 296 g/mol. The molecule has 0 spiro atoms. The van der Waals surface area contributed by atoms with Crippen LogP contribution in [0.1, 0.15) is 24.8 Å². The van der Waals surface area contributed by atoms with Gasteiger partial charge < -0.3 is 25.3 Å². The van der Waals surface area contributed by atoms with Crippen molar-refractivity contribution >= 4 is 5.91 Å². The van der Waals surface area contributed by atoms with E-state index in [9.17, 15) is 4.79 Å². The minimum absolute atomic E-state index is 0.0484. The summed E-state index contributed by atoms with van der Waals surface area (Å²) in [6, 6.07) is 5.82. The molecule has 1 aliphatic rings. The Bertz CT molecular complexity index is 515. The number of nitrogens with one attached hydrogen (secondary N) is 1. The highest BCUT2D eigenvalue weighted by Gasteiger charge is 2.25. The van der Waals surface area contributed by atoms with E-state index < -0.39 is 0 Å². The van der Waals surface area contributed by atoms with Crippen molar-refractivity contribution in [3.05, 3.63) is 23.8 Å². The number of hydrogen-bond donors (Lipinski definition) is 2. The average molecular weight is 322 g/mol. The highest BCUT2D eigenvalue weighted by atomic mass is 16.5. The quantitative estimate of drug-likeness (QED) is 0.757. The van der Waals surface area contributed by atoms with Gasteiger partial charge in [-0.3, -0.25) is 4.79 Å². The number of benzene rings is 1. The molecule has 3 N–H and O–H groups in total. The smallest absolute Gasteiger partial charge is 0.218 e. The van der Waals surface area contributed by atoms with Crippen molar-refractivity contribution in [2.75, 3.05) is 27.4 Å². The molecule has 0 aromatic heterocycles. The van der Waals surface area contributed by atoms with Crippen LogP contribution in [0.3, 0.4) is 0 Å². The SMILES string of the molecule is COc1cccc(CN[C@H](CC(N)=O)C2CCOCC2)c1OC. The number of carbonyl (C=O) groups excluding carboxylic acids is 1. The summed E-state index contributed by atoms with van der Waals surface area (Å²) in [5, 5.41) is 3.47. The number of ether oxygens (including phenoxy) is 3. The zero-order valence-corrected chi connectivity index (χ0v) is 13.8. The third-order valence-electron chi connectivity index (χ3n) is 4.30. The van der Waals surface area contributed by atoms with Crippen LogP contribution in [-0.2, 0) is 16.1 Å². The van der Waals surface area contributed by atoms with Crippen molar-refractivity contribution in [2.45, 2.75) is 31.8 Å². The van der Waals surface area contributed by atoms with E-state index >= 15 is 0 Å². The van der Waals surface area contributed by atoms with Crippen LogP contribution in [-0.4, -0.2) is 39.4 Å². The van der Waals surface area contributed by atoms with Crippen molar-refractivity contribution < 1.29 is 19.0 Å². The fraction of sp³-hybridized carbons (Fsp3) is 0.588. The maximum Gasteiger partial charge on any atom is 0.218 e. The van der Waals surface area contributed by atoms with Crippen molar-refractivity contribution in [2.24, 2.45) is 11.7 Å². The first-order chi connectivity index (χ1) is 11.2. The van der Waals surface area contributed by atoms with Gasteiger partial charge in [0, 0.05) is 37.8 Å². The van der Waals surface area contributed by atoms with E-state index in [2.05, 4.69) is 5.32 Å². The molecule has 0 radical (unpaired) electrons. The summed E-state index contributed by atoms with van der Waals surface area (Å²) in [6.07, 6.45) is 2.22. The molecule has 0 aliphatic carbocycles. The highest BCUT2D eigenvalue weighted by molar-refractivity contribution is 5.74. The van der Waals surface area contributed by atoms with Crippen molar-refractivity contribution in [1.82, 2.24) is 5.32 Å². The monoisotopic (exact) mass is 322 g/mol. The summed E-state index contributed by atoms with van der Waals surface area (Å²) in [7, 11) is 3.24. The van der Waals surface area contributed by atoms with E-state index in [1.165, 1.54) is 0 Å². The number of rotatable bonds is 8. The molecule has 1 fully saturated rings. The Balaban J connectivity index is 2.06. The molecule has 0 unspecified atom stereocenters. The van der Waals surface area contributed by atoms with E-state index in [0.29, 0.717) is 30.4 Å². The summed E-state index contributed by atoms with van der Waals surface area (Å²) in [6.45, 7) is 2.07. The summed E-state index contributed by atoms with van der Waals surface area (Å²) in [5.74, 6) is 1.52. The Morgan fingerprint density at radius 1 is 1.35 bits per heavy atom. The summed E-state index contributed by atoms with van der Waals surface area (Å²) in [5.41, 5.74) is 6.41. The van der Waals surface area contributed by atoms with E-state index in [1.807, 2.05) is 18.2 Å².